The summed E-state index contributed by atoms with van der Waals surface area (Å²) in [4.78, 5) is 12.0. The molecule has 0 spiro atoms. The molecule has 2 nitrogen and oxygen atoms in total. The van der Waals surface area contributed by atoms with E-state index in [4.69, 9.17) is 5.73 Å². The van der Waals surface area contributed by atoms with Gasteiger partial charge in [-0.2, -0.15) is 0 Å². The fourth-order valence-corrected chi connectivity index (χ4v) is 2.06. The molecule has 0 unspecified atom stereocenters. The Hall–Kier alpha value is -1.87. The zero-order valence-electron chi connectivity index (χ0n) is 9.64. The Morgan fingerprint density at radius 3 is 2.44 bits per heavy atom. The molecule has 0 aromatic heterocycles. The number of carbonyl (C=O) groups is 1. The van der Waals surface area contributed by atoms with Gasteiger partial charge in [-0.3, -0.25) is 4.79 Å². The number of rotatable bonds is 3. The summed E-state index contributed by atoms with van der Waals surface area (Å²) >= 11 is 3.36. The van der Waals surface area contributed by atoms with Crippen LogP contribution in [0.3, 0.4) is 0 Å². The van der Waals surface area contributed by atoms with Gasteiger partial charge in [0.1, 0.15) is 0 Å². The predicted octanol–water partition coefficient (Wildman–Crippen LogP) is 3.93. The van der Waals surface area contributed by atoms with Crippen molar-refractivity contribution >= 4 is 33.5 Å². The largest absolute Gasteiger partial charge is 0.398 e. The molecule has 18 heavy (non-hydrogen) atoms. The van der Waals surface area contributed by atoms with Gasteiger partial charge in [-0.25, -0.2) is 0 Å². The molecule has 0 fully saturated rings. The molecule has 2 aromatic carbocycles. The van der Waals surface area contributed by atoms with Gasteiger partial charge < -0.3 is 5.73 Å². The number of anilines is 1. The maximum atomic E-state index is 12.0. The summed E-state index contributed by atoms with van der Waals surface area (Å²) in [7, 11) is 0. The van der Waals surface area contributed by atoms with Crippen molar-refractivity contribution in [1.29, 1.82) is 0 Å². The van der Waals surface area contributed by atoms with Gasteiger partial charge >= 0.3 is 0 Å². The van der Waals surface area contributed by atoms with Crippen LogP contribution in [0.2, 0.25) is 0 Å². The predicted molar refractivity (Wildman–Crippen MR) is 78.4 cm³/mol. The van der Waals surface area contributed by atoms with Crippen molar-refractivity contribution in [1.82, 2.24) is 0 Å². The first kappa shape index (κ1) is 12.6. The van der Waals surface area contributed by atoms with Gasteiger partial charge in [0.05, 0.1) is 0 Å². The normalized spacial score (nSPS) is 10.7. The minimum Gasteiger partial charge on any atom is -0.398 e. The molecule has 0 bridgehead atoms. The number of carbonyl (C=O) groups excluding carboxylic acids is 1. The molecule has 3 heteroatoms. The number of benzene rings is 2. The highest BCUT2D eigenvalue weighted by molar-refractivity contribution is 9.10. The summed E-state index contributed by atoms with van der Waals surface area (Å²) in [6, 6.07) is 14.8. The molecular weight excluding hydrogens is 290 g/mol. The number of para-hydroxylation sites is 1. The molecule has 0 aliphatic heterocycles. The lowest BCUT2D eigenvalue weighted by atomic mass is 10.1. The highest BCUT2D eigenvalue weighted by Gasteiger charge is 2.05. The van der Waals surface area contributed by atoms with Crippen LogP contribution in [-0.2, 0) is 0 Å². The first-order valence-corrected chi connectivity index (χ1v) is 6.29. The molecule has 0 radical (unpaired) electrons. The maximum absolute atomic E-state index is 12.0. The van der Waals surface area contributed by atoms with Crippen molar-refractivity contribution < 1.29 is 4.79 Å². The topological polar surface area (TPSA) is 43.1 Å². The molecule has 2 N–H and O–H groups in total. The van der Waals surface area contributed by atoms with E-state index in [1.54, 1.807) is 12.1 Å². The Morgan fingerprint density at radius 2 is 1.72 bits per heavy atom. The molecule has 0 amide bonds. The van der Waals surface area contributed by atoms with E-state index < -0.39 is 0 Å². The number of hydrogen-bond donors (Lipinski definition) is 1. The Morgan fingerprint density at radius 1 is 1.06 bits per heavy atom. The van der Waals surface area contributed by atoms with Gasteiger partial charge in [-0.15, -0.1) is 0 Å². The van der Waals surface area contributed by atoms with Crippen LogP contribution in [0.5, 0.6) is 0 Å². The maximum Gasteiger partial charge on any atom is 0.186 e. The smallest absolute Gasteiger partial charge is 0.186 e. The molecular formula is C15H12BrNO. The van der Waals surface area contributed by atoms with Crippen molar-refractivity contribution in [2.45, 2.75) is 0 Å². The van der Waals surface area contributed by atoms with Crippen molar-refractivity contribution in [3.05, 3.63) is 70.2 Å². The molecule has 2 rings (SSSR count). The van der Waals surface area contributed by atoms with Crippen LogP contribution in [0.25, 0.3) is 6.08 Å². The minimum atomic E-state index is -0.0503. The van der Waals surface area contributed by atoms with E-state index in [1.165, 1.54) is 6.08 Å². The van der Waals surface area contributed by atoms with E-state index in [9.17, 15) is 4.79 Å². The summed E-state index contributed by atoms with van der Waals surface area (Å²) in [6.45, 7) is 0. The van der Waals surface area contributed by atoms with Crippen molar-refractivity contribution in [3.8, 4) is 0 Å². The summed E-state index contributed by atoms with van der Waals surface area (Å²) in [5.41, 5.74) is 7.95. The zero-order chi connectivity index (χ0) is 13.0. The highest BCUT2D eigenvalue weighted by Crippen LogP contribution is 2.18. The fourth-order valence-electron chi connectivity index (χ4n) is 1.58. The molecule has 0 aliphatic carbocycles. The number of allylic oxidation sites excluding steroid dienone is 1. The van der Waals surface area contributed by atoms with E-state index >= 15 is 0 Å². The molecule has 90 valence electrons. The second-order valence-corrected chi connectivity index (χ2v) is 4.66. The van der Waals surface area contributed by atoms with Gasteiger partial charge in [-0.05, 0) is 35.9 Å². The first-order valence-electron chi connectivity index (χ1n) is 5.50. The summed E-state index contributed by atoms with van der Waals surface area (Å²) in [5, 5.41) is 0. The number of nitrogen functional groups attached to an aromatic ring is 1. The van der Waals surface area contributed by atoms with E-state index in [1.807, 2.05) is 42.5 Å². The van der Waals surface area contributed by atoms with Crippen molar-refractivity contribution in [2.75, 3.05) is 5.73 Å². The van der Waals surface area contributed by atoms with Crippen molar-refractivity contribution in [3.63, 3.8) is 0 Å². The summed E-state index contributed by atoms with van der Waals surface area (Å²) in [5.74, 6) is -0.0503. The molecule has 0 atom stereocenters. The second kappa shape index (κ2) is 5.65. The lowest BCUT2D eigenvalue weighted by Gasteiger charge is -2.00. The standard InChI is InChI=1S/C15H12BrNO/c16-13-7-3-2-6-12(13)15(18)10-9-11-5-1-4-8-14(11)17/h1-10H,17H2/b10-9+. The Labute approximate surface area is 114 Å². The Balaban J connectivity index is 2.23. The Kier molecular flexibility index (Phi) is 3.95. The average molecular weight is 302 g/mol. The third kappa shape index (κ3) is 2.87. The molecule has 0 saturated heterocycles. The van der Waals surface area contributed by atoms with Gasteiger partial charge in [-0.1, -0.05) is 46.3 Å². The van der Waals surface area contributed by atoms with Crippen LogP contribution in [-0.4, -0.2) is 5.78 Å². The van der Waals surface area contributed by atoms with Crippen LogP contribution in [0.15, 0.2) is 59.1 Å². The van der Waals surface area contributed by atoms with E-state index in [0.29, 0.717) is 11.3 Å². The lowest BCUT2D eigenvalue weighted by molar-refractivity contribution is 0.104. The molecule has 2 aromatic rings. The minimum absolute atomic E-state index is 0.0503. The Bertz CT molecular complexity index is 605. The first-order chi connectivity index (χ1) is 8.68. The SMILES string of the molecule is Nc1ccccc1/C=C/C(=O)c1ccccc1Br. The highest BCUT2D eigenvalue weighted by atomic mass is 79.9. The second-order valence-electron chi connectivity index (χ2n) is 3.81. The number of hydrogen-bond acceptors (Lipinski definition) is 2. The van der Waals surface area contributed by atoms with E-state index in [-0.39, 0.29) is 5.78 Å². The molecule has 0 heterocycles. The quantitative estimate of drug-likeness (QED) is 0.530. The molecule has 0 saturated carbocycles. The fraction of sp³-hybridized carbons (Fsp3) is 0. The van der Waals surface area contributed by atoms with E-state index in [2.05, 4.69) is 15.9 Å². The van der Waals surface area contributed by atoms with Crippen LogP contribution in [0.4, 0.5) is 5.69 Å². The van der Waals surface area contributed by atoms with Gasteiger partial charge in [0, 0.05) is 15.7 Å². The van der Waals surface area contributed by atoms with Crippen LogP contribution < -0.4 is 5.73 Å². The van der Waals surface area contributed by atoms with Crippen LogP contribution >= 0.6 is 15.9 Å². The van der Waals surface area contributed by atoms with Gasteiger partial charge in [0.2, 0.25) is 0 Å². The number of ketones is 1. The summed E-state index contributed by atoms with van der Waals surface area (Å²) in [6.07, 6.45) is 3.27. The monoisotopic (exact) mass is 301 g/mol. The summed E-state index contributed by atoms with van der Waals surface area (Å²) < 4.78 is 0.792. The lowest BCUT2D eigenvalue weighted by Crippen LogP contribution is -1.95. The number of halogens is 1. The number of nitrogens with two attached hydrogens (primary N) is 1. The molecule has 0 aliphatic rings. The van der Waals surface area contributed by atoms with Crippen LogP contribution in [0.1, 0.15) is 15.9 Å². The third-order valence-electron chi connectivity index (χ3n) is 2.55. The zero-order valence-corrected chi connectivity index (χ0v) is 11.2. The third-order valence-corrected chi connectivity index (χ3v) is 3.24. The van der Waals surface area contributed by atoms with Crippen LogP contribution in [0, 0.1) is 0 Å². The average Bonchev–Trinajstić information content (AvgIpc) is 2.38. The van der Waals surface area contributed by atoms with Crippen molar-refractivity contribution in [2.24, 2.45) is 0 Å². The van der Waals surface area contributed by atoms with Gasteiger partial charge in [0.15, 0.2) is 5.78 Å². The van der Waals surface area contributed by atoms with Gasteiger partial charge in [0.25, 0.3) is 0 Å². The van der Waals surface area contributed by atoms with E-state index in [0.717, 1.165) is 10.0 Å².